The smallest absolute Gasteiger partial charge is 0.137 e. The largest absolute Gasteiger partial charge is 0.299 e. The van der Waals surface area contributed by atoms with Crippen molar-refractivity contribution in [1.82, 2.24) is 0 Å². The molecule has 1 nitrogen and oxygen atoms in total. The van der Waals surface area contributed by atoms with Crippen LogP contribution >= 0.6 is 0 Å². The molecule has 0 saturated heterocycles. The van der Waals surface area contributed by atoms with Crippen molar-refractivity contribution in [2.75, 3.05) is 0 Å². The molecule has 0 radical (unpaired) electrons. The summed E-state index contributed by atoms with van der Waals surface area (Å²) in [6, 6.07) is 18.6. The first-order chi connectivity index (χ1) is 12.7. The van der Waals surface area contributed by atoms with Crippen LogP contribution < -0.4 is 0 Å². The predicted molar refractivity (Wildman–Crippen MR) is 110 cm³/mol. The second-order valence-corrected chi connectivity index (χ2v) is 6.95. The van der Waals surface area contributed by atoms with E-state index in [0.717, 1.165) is 18.4 Å². The minimum atomic E-state index is 0.311. The molecule has 3 rings (SSSR count). The lowest BCUT2D eigenvalue weighted by Crippen LogP contribution is -2.08. The van der Waals surface area contributed by atoms with Gasteiger partial charge in [-0.3, -0.25) is 4.79 Å². The molecule has 1 aliphatic rings. The van der Waals surface area contributed by atoms with Crippen molar-refractivity contribution in [3.8, 4) is 0 Å². The van der Waals surface area contributed by atoms with Crippen LogP contribution in [-0.2, 0) is 11.2 Å². The second-order valence-electron chi connectivity index (χ2n) is 6.95. The van der Waals surface area contributed by atoms with Gasteiger partial charge < -0.3 is 0 Å². The lowest BCUT2D eigenvalue weighted by Gasteiger charge is -2.18. The predicted octanol–water partition coefficient (Wildman–Crippen LogP) is 6.10. The fourth-order valence-electron chi connectivity index (χ4n) is 3.65. The van der Waals surface area contributed by atoms with Gasteiger partial charge in [-0.1, -0.05) is 78.4 Å². The van der Waals surface area contributed by atoms with E-state index in [9.17, 15) is 4.79 Å². The lowest BCUT2D eigenvalue weighted by atomic mass is 9.85. The Balaban J connectivity index is 1.62. The minimum absolute atomic E-state index is 0.311. The maximum absolute atomic E-state index is 12.5. The highest BCUT2D eigenvalue weighted by Crippen LogP contribution is 2.39. The van der Waals surface area contributed by atoms with Crippen molar-refractivity contribution < 1.29 is 4.79 Å². The zero-order valence-electron chi connectivity index (χ0n) is 15.4. The Morgan fingerprint density at radius 3 is 2.50 bits per heavy atom. The highest BCUT2D eigenvalue weighted by molar-refractivity contribution is 5.82. The molecule has 2 aromatic carbocycles. The Bertz CT molecular complexity index is 839. The summed E-state index contributed by atoms with van der Waals surface area (Å²) in [5, 5.41) is 0. The number of carbonyl (C=O) groups excluding carboxylic acids is 1. The summed E-state index contributed by atoms with van der Waals surface area (Å²) >= 11 is 0. The van der Waals surface area contributed by atoms with Crippen LogP contribution in [-0.4, -0.2) is 5.78 Å². The summed E-state index contributed by atoms with van der Waals surface area (Å²) < 4.78 is 0. The Morgan fingerprint density at radius 1 is 1.04 bits per heavy atom. The third kappa shape index (κ3) is 4.29. The van der Waals surface area contributed by atoms with E-state index in [4.69, 9.17) is 0 Å². The van der Waals surface area contributed by atoms with E-state index < -0.39 is 0 Å². The van der Waals surface area contributed by atoms with E-state index in [1.165, 1.54) is 22.3 Å². The average Bonchev–Trinajstić information content (AvgIpc) is 3.06. The van der Waals surface area contributed by atoms with E-state index in [-0.39, 0.29) is 0 Å². The van der Waals surface area contributed by atoms with Crippen LogP contribution in [0, 0.1) is 12.8 Å². The molecular weight excluding hydrogens is 316 g/mol. The molecule has 0 aliphatic heterocycles. The summed E-state index contributed by atoms with van der Waals surface area (Å²) in [7, 11) is 0. The van der Waals surface area contributed by atoms with Crippen molar-refractivity contribution >= 4 is 11.4 Å². The monoisotopic (exact) mass is 342 g/mol. The number of allylic oxidation sites excluding steroid dienone is 5. The van der Waals surface area contributed by atoms with Gasteiger partial charge in [0.05, 0.1) is 0 Å². The van der Waals surface area contributed by atoms with Gasteiger partial charge in [0.15, 0.2) is 0 Å². The van der Waals surface area contributed by atoms with Crippen molar-refractivity contribution in [3.05, 3.63) is 102 Å². The molecule has 132 valence electrons. The molecule has 0 amide bonds. The first-order valence-corrected chi connectivity index (χ1v) is 9.32. The molecule has 26 heavy (non-hydrogen) atoms. The van der Waals surface area contributed by atoms with E-state index in [1.807, 2.05) is 24.3 Å². The molecule has 0 aromatic heterocycles. The fourth-order valence-corrected chi connectivity index (χ4v) is 3.65. The maximum Gasteiger partial charge on any atom is 0.137 e. The van der Waals surface area contributed by atoms with Crippen LogP contribution in [0.2, 0.25) is 0 Å². The van der Waals surface area contributed by atoms with Gasteiger partial charge in [-0.25, -0.2) is 0 Å². The van der Waals surface area contributed by atoms with Crippen LogP contribution in [0.1, 0.15) is 36.0 Å². The highest BCUT2D eigenvalue weighted by Gasteiger charge is 2.23. The van der Waals surface area contributed by atoms with Gasteiger partial charge >= 0.3 is 0 Å². The number of hydrogen-bond donors (Lipinski definition) is 0. The van der Waals surface area contributed by atoms with E-state index in [2.05, 4.69) is 62.1 Å². The Hall–Kier alpha value is -2.67. The third-order valence-electron chi connectivity index (χ3n) is 5.15. The molecule has 1 atom stereocenters. The molecular formula is C25H26O. The number of ketones is 1. The van der Waals surface area contributed by atoms with Crippen molar-refractivity contribution in [1.29, 1.82) is 0 Å². The standard InChI is InChI=1S/C25H26O/c1-3-9-24-21(15-17-25(24)20-11-5-4-6-12-20)14-16-23(26)18-22-13-8-7-10-19(22)2/h3-8,10-13,15,17,24H,1,9,14,16,18H2,2H3. The van der Waals surface area contributed by atoms with Crippen LogP contribution in [0.25, 0.3) is 5.57 Å². The molecule has 0 spiro atoms. The van der Waals surface area contributed by atoms with Gasteiger partial charge in [0.2, 0.25) is 0 Å². The zero-order valence-corrected chi connectivity index (χ0v) is 15.4. The quantitative estimate of drug-likeness (QED) is 0.530. The van der Waals surface area contributed by atoms with Crippen LogP contribution in [0.3, 0.4) is 0 Å². The zero-order chi connectivity index (χ0) is 18.4. The van der Waals surface area contributed by atoms with E-state index >= 15 is 0 Å². The molecule has 1 heteroatoms. The van der Waals surface area contributed by atoms with E-state index in [1.54, 1.807) is 0 Å². The fraction of sp³-hybridized carbons (Fsp3) is 0.240. The maximum atomic E-state index is 12.5. The van der Waals surface area contributed by atoms with Crippen molar-refractivity contribution in [2.24, 2.45) is 5.92 Å². The summed E-state index contributed by atoms with van der Waals surface area (Å²) in [6.45, 7) is 5.99. The first kappa shape index (κ1) is 18.1. The second kappa shape index (κ2) is 8.62. The third-order valence-corrected chi connectivity index (χ3v) is 5.15. The normalized spacial score (nSPS) is 16.1. The number of carbonyl (C=O) groups is 1. The molecule has 1 aliphatic carbocycles. The van der Waals surface area contributed by atoms with Gasteiger partial charge in [-0.05, 0) is 42.0 Å². The molecule has 2 aromatic rings. The van der Waals surface area contributed by atoms with Gasteiger partial charge in [0.1, 0.15) is 5.78 Å². The van der Waals surface area contributed by atoms with Crippen LogP contribution in [0.4, 0.5) is 0 Å². The number of hydrogen-bond acceptors (Lipinski definition) is 1. The SMILES string of the molecule is C=CCC1C(CCC(=O)Cc2ccccc2C)=CC=C1c1ccccc1. The molecule has 0 bridgehead atoms. The van der Waals surface area contributed by atoms with E-state index in [0.29, 0.717) is 24.5 Å². The Morgan fingerprint density at radius 2 is 1.77 bits per heavy atom. The Labute approximate surface area is 156 Å². The van der Waals surface area contributed by atoms with Gasteiger partial charge in [-0.15, -0.1) is 6.58 Å². The topological polar surface area (TPSA) is 17.1 Å². The van der Waals surface area contributed by atoms with Gasteiger partial charge in [0.25, 0.3) is 0 Å². The van der Waals surface area contributed by atoms with Gasteiger partial charge in [-0.2, -0.15) is 0 Å². The molecule has 1 unspecified atom stereocenters. The van der Waals surface area contributed by atoms with Crippen LogP contribution in [0.15, 0.2) is 85.0 Å². The number of aryl methyl sites for hydroxylation is 1. The first-order valence-electron chi connectivity index (χ1n) is 9.32. The minimum Gasteiger partial charge on any atom is -0.299 e. The van der Waals surface area contributed by atoms with Crippen molar-refractivity contribution in [3.63, 3.8) is 0 Å². The average molecular weight is 342 g/mol. The number of benzene rings is 2. The summed E-state index contributed by atoms with van der Waals surface area (Å²) in [4.78, 5) is 12.5. The number of Topliss-reactive ketones (excluding diaryl/α,β-unsaturated/α-hetero) is 1. The number of rotatable bonds is 8. The summed E-state index contributed by atoms with van der Waals surface area (Å²) in [6.07, 6.45) is 9.28. The molecule has 0 fully saturated rings. The Kier molecular flexibility index (Phi) is 6.01. The van der Waals surface area contributed by atoms with Crippen molar-refractivity contribution in [2.45, 2.75) is 32.6 Å². The summed E-state index contributed by atoms with van der Waals surface area (Å²) in [5.74, 6) is 0.659. The molecule has 0 heterocycles. The summed E-state index contributed by atoms with van der Waals surface area (Å²) in [5.41, 5.74) is 6.28. The van der Waals surface area contributed by atoms with Gasteiger partial charge in [0, 0.05) is 18.8 Å². The lowest BCUT2D eigenvalue weighted by molar-refractivity contribution is -0.118. The van der Waals surface area contributed by atoms with Crippen LogP contribution in [0.5, 0.6) is 0 Å². The highest BCUT2D eigenvalue weighted by atomic mass is 16.1. The molecule has 0 saturated carbocycles. The molecule has 0 N–H and O–H groups in total.